The standard InChI is InChI=1S/C17H24N4O2/c1-4-21(5-2)15(14-9-7-6-8-10-14)12-18-17(22)19-16-11-13(3)23-20-16/h6-11,15H,4-5,12H2,1-3H3,(H2,18,19,20,22). The van der Waals surface area contributed by atoms with Gasteiger partial charge in [-0.25, -0.2) is 4.79 Å². The Morgan fingerprint density at radius 1 is 1.26 bits per heavy atom. The van der Waals surface area contributed by atoms with Crippen LogP contribution in [0.15, 0.2) is 40.9 Å². The van der Waals surface area contributed by atoms with Crippen molar-refractivity contribution >= 4 is 11.8 Å². The van der Waals surface area contributed by atoms with Crippen LogP contribution in [0.4, 0.5) is 10.6 Å². The molecule has 1 atom stereocenters. The third-order valence-corrected chi connectivity index (χ3v) is 3.76. The first-order valence-electron chi connectivity index (χ1n) is 7.91. The van der Waals surface area contributed by atoms with Crippen molar-refractivity contribution in [3.05, 3.63) is 47.7 Å². The number of benzene rings is 1. The van der Waals surface area contributed by atoms with Crippen LogP contribution >= 0.6 is 0 Å². The SMILES string of the molecule is CCN(CC)C(CNC(=O)Nc1cc(C)on1)c1ccccc1. The molecule has 1 unspecified atom stereocenters. The predicted molar refractivity (Wildman–Crippen MR) is 90.4 cm³/mol. The second-order valence-corrected chi connectivity index (χ2v) is 5.31. The first kappa shape index (κ1) is 17.0. The van der Waals surface area contributed by atoms with Gasteiger partial charge in [-0.2, -0.15) is 0 Å². The molecule has 0 bridgehead atoms. The number of likely N-dealkylation sites (N-methyl/N-ethyl adjacent to an activating group) is 1. The number of amides is 2. The van der Waals surface area contributed by atoms with E-state index < -0.39 is 0 Å². The lowest BCUT2D eigenvalue weighted by molar-refractivity contribution is 0.210. The minimum absolute atomic E-state index is 0.135. The van der Waals surface area contributed by atoms with Crippen LogP contribution in [-0.2, 0) is 0 Å². The van der Waals surface area contributed by atoms with Crippen LogP contribution in [0.3, 0.4) is 0 Å². The average molecular weight is 316 g/mol. The van der Waals surface area contributed by atoms with E-state index in [9.17, 15) is 4.79 Å². The maximum atomic E-state index is 12.0. The van der Waals surface area contributed by atoms with Crippen LogP contribution in [-0.4, -0.2) is 35.7 Å². The fourth-order valence-corrected chi connectivity index (χ4v) is 2.57. The van der Waals surface area contributed by atoms with Gasteiger partial charge >= 0.3 is 6.03 Å². The fraction of sp³-hybridized carbons (Fsp3) is 0.412. The minimum Gasteiger partial charge on any atom is -0.360 e. The van der Waals surface area contributed by atoms with E-state index in [4.69, 9.17) is 4.52 Å². The molecule has 1 aromatic carbocycles. The summed E-state index contributed by atoms with van der Waals surface area (Å²) in [5.74, 6) is 1.07. The van der Waals surface area contributed by atoms with Crippen molar-refractivity contribution in [2.24, 2.45) is 0 Å². The summed E-state index contributed by atoms with van der Waals surface area (Å²) in [5, 5.41) is 9.34. The Morgan fingerprint density at radius 2 is 1.96 bits per heavy atom. The summed E-state index contributed by atoms with van der Waals surface area (Å²) < 4.78 is 4.93. The van der Waals surface area contributed by atoms with Gasteiger partial charge in [0.2, 0.25) is 0 Å². The zero-order valence-electron chi connectivity index (χ0n) is 13.9. The molecule has 2 N–H and O–H groups in total. The number of carbonyl (C=O) groups excluding carboxylic acids is 1. The van der Waals surface area contributed by atoms with Gasteiger partial charge in [-0.3, -0.25) is 10.2 Å². The van der Waals surface area contributed by atoms with E-state index in [0.717, 1.165) is 13.1 Å². The maximum Gasteiger partial charge on any atom is 0.320 e. The lowest BCUT2D eigenvalue weighted by Crippen LogP contribution is -2.39. The van der Waals surface area contributed by atoms with Gasteiger partial charge in [0.15, 0.2) is 5.82 Å². The second-order valence-electron chi connectivity index (χ2n) is 5.31. The van der Waals surface area contributed by atoms with Crippen molar-refractivity contribution in [1.29, 1.82) is 0 Å². The highest BCUT2D eigenvalue weighted by Gasteiger charge is 2.18. The number of anilines is 1. The van der Waals surface area contributed by atoms with Gasteiger partial charge in [0.05, 0.1) is 6.04 Å². The number of hydrogen-bond donors (Lipinski definition) is 2. The Hall–Kier alpha value is -2.34. The second kappa shape index (κ2) is 8.33. The van der Waals surface area contributed by atoms with Gasteiger partial charge in [-0.05, 0) is 25.6 Å². The molecule has 6 heteroatoms. The Morgan fingerprint density at radius 3 is 2.52 bits per heavy atom. The van der Waals surface area contributed by atoms with Crippen molar-refractivity contribution in [2.45, 2.75) is 26.8 Å². The number of carbonyl (C=O) groups is 1. The van der Waals surface area contributed by atoms with Gasteiger partial charge in [0, 0.05) is 12.6 Å². The number of aromatic nitrogens is 1. The van der Waals surface area contributed by atoms with E-state index in [1.807, 2.05) is 18.2 Å². The number of nitrogens with one attached hydrogen (secondary N) is 2. The Labute approximate surface area is 136 Å². The number of rotatable bonds is 7. The normalized spacial score (nSPS) is 12.2. The van der Waals surface area contributed by atoms with E-state index in [1.165, 1.54) is 5.56 Å². The minimum atomic E-state index is -0.286. The van der Waals surface area contributed by atoms with Crippen molar-refractivity contribution in [3.8, 4) is 0 Å². The molecular formula is C17H24N4O2. The first-order chi connectivity index (χ1) is 11.1. The highest BCUT2D eigenvalue weighted by atomic mass is 16.5. The summed E-state index contributed by atoms with van der Waals surface area (Å²) in [6, 6.07) is 11.7. The molecule has 23 heavy (non-hydrogen) atoms. The Kier molecular flexibility index (Phi) is 6.17. The molecule has 0 aliphatic heterocycles. The lowest BCUT2D eigenvalue weighted by Gasteiger charge is -2.30. The third-order valence-electron chi connectivity index (χ3n) is 3.76. The van der Waals surface area contributed by atoms with E-state index in [-0.39, 0.29) is 12.1 Å². The van der Waals surface area contributed by atoms with Crippen LogP contribution in [0.2, 0.25) is 0 Å². The number of nitrogens with zero attached hydrogens (tertiary/aromatic N) is 2. The summed E-state index contributed by atoms with van der Waals surface area (Å²) in [7, 11) is 0. The molecule has 1 heterocycles. The molecule has 6 nitrogen and oxygen atoms in total. The molecule has 0 aliphatic rings. The van der Waals surface area contributed by atoms with E-state index in [1.54, 1.807) is 13.0 Å². The van der Waals surface area contributed by atoms with Crippen LogP contribution < -0.4 is 10.6 Å². The van der Waals surface area contributed by atoms with Crippen LogP contribution in [0.5, 0.6) is 0 Å². The van der Waals surface area contributed by atoms with Crippen molar-refractivity contribution in [1.82, 2.24) is 15.4 Å². The van der Waals surface area contributed by atoms with E-state index in [2.05, 4.69) is 46.7 Å². The molecule has 2 amide bonds. The van der Waals surface area contributed by atoms with Gasteiger partial charge < -0.3 is 9.84 Å². The van der Waals surface area contributed by atoms with Crippen LogP contribution in [0.25, 0.3) is 0 Å². The van der Waals surface area contributed by atoms with E-state index in [0.29, 0.717) is 18.1 Å². The van der Waals surface area contributed by atoms with E-state index >= 15 is 0 Å². The quantitative estimate of drug-likeness (QED) is 0.823. The molecule has 124 valence electrons. The molecule has 0 aliphatic carbocycles. The summed E-state index contributed by atoms with van der Waals surface area (Å²) >= 11 is 0. The highest BCUT2D eigenvalue weighted by Crippen LogP contribution is 2.19. The van der Waals surface area contributed by atoms with Crippen molar-refractivity contribution in [2.75, 3.05) is 25.0 Å². The zero-order chi connectivity index (χ0) is 16.7. The number of hydrogen-bond acceptors (Lipinski definition) is 4. The molecule has 0 saturated heterocycles. The summed E-state index contributed by atoms with van der Waals surface area (Å²) in [6.45, 7) is 8.38. The molecular weight excluding hydrogens is 292 g/mol. The Balaban J connectivity index is 1.99. The number of aryl methyl sites for hydroxylation is 1. The van der Waals surface area contributed by atoms with Crippen LogP contribution in [0, 0.1) is 6.92 Å². The highest BCUT2D eigenvalue weighted by molar-refractivity contribution is 5.88. The molecule has 1 aromatic heterocycles. The van der Waals surface area contributed by atoms with Gasteiger partial charge in [0.25, 0.3) is 0 Å². The molecule has 0 fully saturated rings. The summed E-state index contributed by atoms with van der Waals surface area (Å²) in [6.07, 6.45) is 0. The maximum absolute atomic E-state index is 12.0. The average Bonchev–Trinajstić information content (AvgIpc) is 2.97. The van der Waals surface area contributed by atoms with Gasteiger partial charge in [0.1, 0.15) is 5.76 Å². The summed E-state index contributed by atoms with van der Waals surface area (Å²) in [5.41, 5.74) is 1.19. The fourth-order valence-electron chi connectivity index (χ4n) is 2.57. The largest absolute Gasteiger partial charge is 0.360 e. The van der Waals surface area contributed by atoms with Gasteiger partial charge in [-0.15, -0.1) is 0 Å². The Bertz CT molecular complexity index is 608. The smallest absolute Gasteiger partial charge is 0.320 e. The molecule has 0 saturated carbocycles. The predicted octanol–water partition coefficient (Wildman–Crippen LogP) is 3.19. The topological polar surface area (TPSA) is 70.4 Å². The first-order valence-corrected chi connectivity index (χ1v) is 7.91. The lowest BCUT2D eigenvalue weighted by atomic mass is 10.1. The van der Waals surface area contributed by atoms with Crippen molar-refractivity contribution in [3.63, 3.8) is 0 Å². The van der Waals surface area contributed by atoms with Crippen molar-refractivity contribution < 1.29 is 9.32 Å². The number of urea groups is 1. The monoisotopic (exact) mass is 316 g/mol. The molecule has 0 radical (unpaired) electrons. The summed E-state index contributed by atoms with van der Waals surface area (Å²) in [4.78, 5) is 14.3. The zero-order valence-corrected chi connectivity index (χ0v) is 13.9. The molecule has 2 aromatic rings. The molecule has 0 spiro atoms. The third kappa shape index (κ3) is 4.82. The molecule has 2 rings (SSSR count). The van der Waals surface area contributed by atoms with Crippen LogP contribution in [0.1, 0.15) is 31.2 Å². The van der Waals surface area contributed by atoms with Gasteiger partial charge in [-0.1, -0.05) is 49.3 Å².